The predicted molar refractivity (Wildman–Crippen MR) is 78.4 cm³/mol. The zero-order chi connectivity index (χ0) is 14.1. The van der Waals surface area contributed by atoms with Crippen LogP contribution in [-0.2, 0) is 6.54 Å². The van der Waals surface area contributed by atoms with E-state index in [4.69, 9.17) is 5.73 Å². The Morgan fingerprint density at radius 1 is 1.30 bits per heavy atom. The minimum Gasteiger partial charge on any atom is -0.399 e. The van der Waals surface area contributed by atoms with Crippen LogP contribution in [0, 0.1) is 13.8 Å². The number of aryl methyl sites for hydroxylation is 1. The van der Waals surface area contributed by atoms with Crippen molar-refractivity contribution in [1.29, 1.82) is 0 Å². The molecule has 2 heterocycles. The molecule has 0 amide bonds. The largest absolute Gasteiger partial charge is 0.399 e. The minimum absolute atomic E-state index is 0.594. The van der Waals surface area contributed by atoms with E-state index in [0.29, 0.717) is 12.3 Å². The number of fused-ring (bicyclic) bond motifs is 1. The Morgan fingerprint density at radius 3 is 3.00 bits per heavy atom. The average Bonchev–Trinajstić information content (AvgIpc) is 2.88. The van der Waals surface area contributed by atoms with E-state index in [-0.39, 0.29) is 0 Å². The first kappa shape index (κ1) is 12.4. The third-order valence-corrected chi connectivity index (χ3v) is 3.33. The molecule has 3 aromatic rings. The van der Waals surface area contributed by atoms with Crippen molar-refractivity contribution >= 4 is 17.3 Å². The van der Waals surface area contributed by atoms with E-state index in [2.05, 4.69) is 26.4 Å². The fourth-order valence-corrected chi connectivity index (χ4v) is 2.14. The molecule has 2 aromatic heterocycles. The number of nitrogens with two attached hydrogens (primary N) is 1. The number of hydrogen-bond donors (Lipinski definition) is 2. The molecule has 1 aromatic carbocycles. The number of nitrogens with one attached hydrogen (secondary N) is 1. The predicted octanol–water partition coefficient (Wildman–Crippen LogP) is 1.94. The summed E-state index contributed by atoms with van der Waals surface area (Å²) in [6, 6.07) is 7.88. The molecule has 0 atom stereocenters. The molecule has 0 fully saturated rings. The van der Waals surface area contributed by atoms with Crippen molar-refractivity contribution in [2.45, 2.75) is 20.4 Å². The van der Waals surface area contributed by atoms with Crippen LogP contribution < -0.4 is 11.1 Å². The van der Waals surface area contributed by atoms with Gasteiger partial charge < -0.3 is 11.1 Å². The summed E-state index contributed by atoms with van der Waals surface area (Å²) in [6.45, 7) is 4.64. The minimum atomic E-state index is 0.594. The van der Waals surface area contributed by atoms with Crippen molar-refractivity contribution in [2.24, 2.45) is 0 Å². The van der Waals surface area contributed by atoms with Gasteiger partial charge in [0.25, 0.3) is 5.78 Å². The van der Waals surface area contributed by atoms with Crippen LogP contribution in [0.5, 0.6) is 0 Å². The first-order valence-electron chi connectivity index (χ1n) is 6.40. The Kier molecular flexibility index (Phi) is 2.98. The maximum Gasteiger partial charge on any atom is 0.254 e. The van der Waals surface area contributed by atoms with Crippen molar-refractivity contribution in [3.8, 4) is 0 Å². The molecule has 0 aliphatic rings. The van der Waals surface area contributed by atoms with Crippen LogP contribution in [0.4, 0.5) is 11.5 Å². The van der Waals surface area contributed by atoms with Crippen LogP contribution >= 0.6 is 0 Å². The lowest BCUT2D eigenvalue weighted by Crippen LogP contribution is -2.08. The second-order valence-corrected chi connectivity index (χ2v) is 4.74. The number of anilines is 2. The summed E-state index contributed by atoms with van der Waals surface area (Å²) in [7, 11) is 0. The standard InChI is InChI=1S/C14H16N6/c1-9-6-13(20-14(19-9)17-8-18-20)16-7-11-4-3-5-12(15)10(11)2/h3-6,8,16H,7,15H2,1-2H3. The highest BCUT2D eigenvalue weighted by molar-refractivity contribution is 5.52. The molecule has 3 rings (SSSR count). The average molecular weight is 268 g/mol. The molecule has 0 spiro atoms. The summed E-state index contributed by atoms with van der Waals surface area (Å²) < 4.78 is 1.69. The summed E-state index contributed by atoms with van der Waals surface area (Å²) in [4.78, 5) is 8.42. The second-order valence-electron chi connectivity index (χ2n) is 4.74. The van der Waals surface area contributed by atoms with Gasteiger partial charge >= 0.3 is 0 Å². The third-order valence-electron chi connectivity index (χ3n) is 3.33. The molecule has 0 aliphatic heterocycles. The highest BCUT2D eigenvalue weighted by Crippen LogP contribution is 2.17. The normalized spacial score (nSPS) is 10.9. The fourth-order valence-electron chi connectivity index (χ4n) is 2.14. The smallest absolute Gasteiger partial charge is 0.254 e. The number of nitrogens with zero attached hydrogens (tertiary/aromatic N) is 4. The molecule has 102 valence electrons. The van der Waals surface area contributed by atoms with Gasteiger partial charge in [0.1, 0.15) is 12.1 Å². The number of rotatable bonds is 3. The van der Waals surface area contributed by atoms with Crippen LogP contribution in [0.3, 0.4) is 0 Å². The Balaban J connectivity index is 1.90. The Hall–Kier alpha value is -2.63. The molecule has 0 unspecified atom stereocenters. The van der Waals surface area contributed by atoms with Gasteiger partial charge in [-0.15, -0.1) is 0 Å². The number of benzene rings is 1. The summed E-state index contributed by atoms with van der Waals surface area (Å²) in [5.41, 5.74) is 9.89. The first-order valence-corrected chi connectivity index (χ1v) is 6.40. The topological polar surface area (TPSA) is 81.1 Å². The van der Waals surface area contributed by atoms with Crippen LogP contribution in [0.2, 0.25) is 0 Å². The highest BCUT2D eigenvalue weighted by atomic mass is 15.3. The highest BCUT2D eigenvalue weighted by Gasteiger charge is 2.06. The molecule has 20 heavy (non-hydrogen) atoms. The van der Waals surface area contributed by atoms with Gasteiger partial charge in [-0.25, -0.2) is 4.98 Å². The lowest BCUT2D eigenvalue weighted by Gasteiger charge is -2.11. The Morgan fingerprint density at radius 2 is 2.15 bits per heavy atom. The van der Waals surface area contributed by atoms with Crippen molar-refractivity contribution in [3.05, 3.63) is 47.4 Å². The third kappa shape index (κ3) is 2.16. The molecule has 0 aliphatic carbocycles. The molecular formula is C14H16N6. The second kappa shape index (κ2) is 4.80. The van der Waals surface area contributed by atoms with Crippen molar-refractivity contribution in [3.63, 3.8) is 0 Å². The quantitative estimate of drug-likeness (QED) is 0.709. The number of aromatic nitrogens is 4. The van der Waals surface area contributed by atoms with Crippen molar-refractivity contribution in [1.82, 2.24) is 19.6 Å². The molecule has 0 radical (unpaired) electrons. The summed E-state index contributed by atoms with van der Waals surface area (Å²) in [5, 5.41) is 7.53. The van der Waals surface area contributed by atoms with Gasteiger partial charge in [0.2, 0.25) is 0 Å². The number of nitrogen functional groups attached to an aromatic ring is 1. The summed E-state index contributed by atoms with van der Waals surface area (Å²) in [5.74, 6) is 1.46. The van der Waals surface area contributed by atoms with Gasteiger partial charge in [-0.2, -0.15) is 14.6 Å². The monoisotopic (exact) mass is 268 g/mol. The maximum atomic E-state index is 5.92. The van der Waals surface area contributed by atoms with E-state index < -0.39 is 0 Å². The van der Waals surface area contributed by atoms with Gasteiger partial charge in [-0.1, -0.05) is 12.1 Å². The fraction of sp³-hybridized carbons (Fsp3) is 0.214. The molecule has 6 nitrogen and oxygen atoms in total. The van der Waals surface area contributed by atoms with E-state index in [0.717, 1.165) is 28.3 Å². The molecule has 0 saturated heterocycles. The van der Waals surface area contributed by atoms with E-state index >= 15 is 0 Å². The van der Waals surface area contributed by atoms with Gasteiger partial charge in [0.15, 0.2) is 0 Å². The van der Waals surface area contributed by atoms with Gasteiger partial charge in [-0.05, 0) is 31.0 Å². The number of hydrogen-bond acceptors (Lipinski definition) is 5. The molecule has 0 saturated carbocycles. The molecule has 6 heteroatoms. The molecular weight excluding hydrogens is 252 g/mol. The zero-order valence-electron chi connectivity index (χ0n) is 11.5. The van der Waals surface area contributed by atoms with E-state index in [1.54, 1.807) is 4.52 Å². The maximum absolute atomic E-state index is 5.92. The van der Waals surface area contributed by atoms with Crippen LogP contribution in [0.1, 0.15) is 16.8 Å². The first-order chi connectivity index (χ1) is 9.65. The van der Waals surface area contributed by atoms with Gasteiger partial charge in [0.05, 0.1) is 0 Å². The van der Waals surface area contributed by atoms with Crippen molar-refractivity contribution < 1.29 is 0 Å². The summed E-state index contributed by atoms with van der Waals surface area (Å²) in [6.07, 6.45) is 1.50. The van der Waals surface area contributed by atoms with Crippen molar-refractivity contribution in [2.75, 3.05) is 11.1 Å². The van der Waals surface area contributed by atoms with Crippen LogP contribution in [0.15, 0.2) is 30.6 Å². The zero-order valence-corrected chi connectivity index (χ0v) is 11.5. The Labute approximate surface area is 116 Å². The molecule has 3 N–H and O–H groups in total. The van der Waals surface area contributed by atoms with E-state index in [9.17, 15) is 0 Å². The van der Waals surface area contributed by atoms with Gasteiger partial charge in [-0.3, -0.25) is 0 Å². The Bertz CT molecular complexity index is 761. The molecule has 0 bridgehead atoms. The van der Waals surface area contributed by atoms with Crippen LogP contribution in [0.25, 0.3) is 5.78 Å². The van der Waals surface area contributed by atoms with E-state index in [1.165, 1.54) is 6.33 Å². The lowest BCUT2D eigenvalue weighted by molar-refractivity contribution is 0.915. The van der Waals surface area contributed by atoms with Gasteiger partial charge in [0, 0.05) is 24.0 Å². The summed E-state index contributed by atoms with van der Waals surface area (Å²) >= 11 is 0. The van der Waals surface area contributed by atoms with E-state index in [1.807, 2.05) is 32.0 Å². The SMILES string of the molecule is Cc1cc(NCc2cccc(N)c2C)n2ncnc2n1. The van der Waals surface area contributed by atoms with Crippen LogP contribution in [-0.4, -0.2) is 19.6 Å². The lowest BCUT2D eigenvalue weighted by atomic mass is 10.1.